The lowest BCUT2D eigenvalue weighted by Gasteiger charge is -2.32. The number of carbonyl (C=O) groups is 1. The van der Waals surface area contributed by atoms with Crippen molar-refractivity contribution in [2.45, 2.75) is 76.5 Å². The summed E-state index contributed by atoms with van der Waals surface area (Å²) in [4.78, 5) is 23.9. The number of likely N-dealkylation sites (tertiary alicyclic amines) is 1. The Balaban J connectivity index is 1.19. The first-order chi connectivity index (χ1) is 19.6. The van der Waals surface area contributed by atoms with Gasteiger partial charge in [0.1, 0.15) is 24.0 Å². The van der Waals surface area contributed by atoms with E-state index in [1.54, 1.807) is 0 Å². The molecule has 10 heteroatoms. The van der Waals surface area contributed by atoms with Gasteiger partial charge in [-0.15, -0.1) is 10.2 Å². The number of aromatic nitrogens is 5. The Morgan fingerprint density at radius 3 is 2.63 bits per heavy atom. The van der Waals surface area contributed by atoms with Crippen LogP contribution in [0.5, 0.6) is 5.75 Å². The largest absolute Gasteiger partial charge is 0.484 e. The van der Waals surface area contributed by atoms with Crippen molar-refractivity contribution in [3.8, 4) is 5.75 Å². The highest BCUT2D eigenvalue weighted by atomic mass is 16.5. The summed E-state index contributed by atoms with van der Waals surface area (Å²) in [7, 11) is 2.15. The molecule has 1 saturated heterocycles. The number of amides is 2. The molecule has 0 spiro atoms. The zero-order chi connectivity index (χ0) is 28.8. The first-order valence-electron chi connectivity index (χ1n) is 14.3. The predicted octanol–water partition coefficient (Wildman–Crippen LogP) is 5.53. The van der Waals surface area contributed by atoms with Crippen molar-refractivity contribution in [1.29, 1.82) is 0 Å². The molecule has 2 amide bonds. The van der Waals surface area contributed by atoms with Gasteiger partial charge in [0.25, 0.3) is 0 Å². The maximum absolute atomic E-state index is 13.0. The van der Waals surface area contributed by atoms with Crippen LogP contribution in [0.15, 0.2) is 55.0 Å². The molecule has 0 unspecified atom stereocenters. The second-order valence-electron chi connectivity index (χ2n) is 12.4. The number of benzene rings is 1. The number of urea groups is 1. The maximum atomic E-state index is 13.0. The summed E-state index contributed by atoms with van der Waals surface area (Å²) in [6, 6.07) is 13.5. The van der Waals surface area contributed by atoms with E-state index in [-0.39, 0.29) is 29.1 Å². The van der Waals surface area contributed by atoms with Gasteiger partial charge in [-0.05, 0) is 69.5 Å². The number of nitrogens with zero attached hydrogens (tertiary/aromatic N) is 6. The highest BCUT2D eigenvalue weighted by Crippen LogP contribution is 2.40. The number of pyridine rings is 1. The molecular weight excluding hydrogens is 516 g/mol. The summed E-state index contributed by atoms with van der Waals surface area (Å²) in [6.07, 6.45) is 7.05. The Morgan fingerprint density at radius 1 is 1.07 bits per heavy atom. The van der Waals surface area contributed by atoms with E-state index >= 15 is 0 Å². The van der Waals surface area contributed by atoms with Crippen molar-refractivity contribution in [3.05, 3.63) is 77.6 Å². The topological polar surface area (TPSA) is 110 Å². The quantitative estimate of drug-likeness (QED) is 0.334. The first kappa shape index (κ1) is 27.1. The molecule has 1 aliphatic heterocycles. The van der Waals surface area contributed by atoms with Gasteiger partial charge in [0.2, 0.25) is 0 Å². The third kappa shape index (κ3) is 5.24. The average Bonchev–Trinajstić information content (AvgIpc) is 3.52. The summed E-state index contributed by atoms with van der Waals surface area (Å²) in [5.41, 5.74) is 3.52. The van der Waals surface area contributed by atoms with Crippen LogP contribution in [0.25, 0.3) is 5.65 Å². The van der Waals surface area contributed by atoms with Crippen molar-refractivity contribution >= 4 is 17.5 Å². The highest BCUT2D eigenvalue weighted by Gasteiger charge is 2.39. The fourth-order valence-electron chi connectivity index (χ4n) is 6.02. The van der Waals surface area contributed by atoms with E-state index in [1.807, 2.05) is 36.5 Å². The third-order valence-corrected chi connectivity index (χ3v) is 8.55. The number of carbonyl (C=O) groups excluding carboxylic acids is 1. The molecular formula is C31H38N8O2. The van der Waals surface area contributed by atoms with Crippen molar-refractivity contribution in [3.63, 3.8) is 0 Å². The minimum atomic E-state index is -0.293. The van der Waals surface area contributed by atoms with E-state index in [9.17, 15) is 4.79 Å². The Labute approximate surface area is 240 Å². The SMILES string of the molecule is CN1CCC[C@@]1(C)c1nnc2ccc(O[C@@H]3CC[C@H](NC(=O)Nc4cc(C(C)(C)C)ncn4)c4ccccc43)cn12. The molecule has 3 atom stereocenters. The van der Waals surface area contributed by atoms with Gasteiger partial charge in [0.15, 0.2) is 11.5 Å². The van der Waals surface area contributed by atoms with Gasteiger partial charge in [-0.25, -0.2) is 14.8 Å². The lowest BCUT2D eigenvalue weighted by molar-refractivity contribution is 0.170. The summed E-state index contributed by atoms with van der Waals surface area (Å²) in [5.74, 6) is 2.19. The molecule has 1 fully saturated rings. The second kappa shape index (κ2) is 10.4. The van der Waals surface area contributed by atoms with Gasteiger partial charge in [0.05, 0.1) is 23.5 Å². The third-order valence-electron chi connectivity index (χ3n) is 8.55. The van der Waals surface area contributed by atoms with Gasteiger partial charge in [-0.3, -0.25) is 14.6 Å². The van der Waals surface area contributed by atoms with Crippen LogP contribution in [-0.4, -0.2) is 49.1 Å². The highest BCUT2D eigenvalue weighted by molar-refractivity contribution is 5.88. The molecule has 4 heterocycles. The van der Waals surface area contributed by atoms with Gasteiger partial charge < -0.3 is 10.1 Å². The summed E-state index contributed by atoms with van der Waals surface area (Å²) < 4.78 is 8.66. The lowest BCUT2D eigenvalue weighted by atomic mass is 9.85. The first-order valence-corrected chi connectivity index (χ1v) is 14.3. The van der Waals surface area contributed by atoms with Crippen LogP contribution in [0.4, 0.5) is 10.6 Å². The Hall–Kier alpha value is -4.05. The van der Waals surface area contributed by atoms with Crippen LogP contribution in [0.1, 0.15) is 88.2 Å². The van der Waals surface area contributed by atoms with Crippen LogP contribution in [-0.2, 0) is 11.0 Å². The smallest absolute Gasteiger partial charge is 0.320 e. The van der Waals surface area contributed by atoms with Crippen LogP contribution in [0.2, 0.25) is 0 Å². The number of fused-ring (bicyclic) bond motifs is 2. The minimum absolute atomic E-state index is 0.134. The molecule has 4 aromatic rings. The van der Waals surface area contributed by atoms with Crippen molar-refractivity contribution in [1.82, 2.24) is 34.8 Å². The number of nitrogens with one attached hydrogen (secondary N) is 2. The van der Waals surface area contributed by atoms with Crippen LogP contribution >= 0.6 is 0 Å². The number of anilines is 1. The number of rotatable bonds is 5. The zero-order valence-corrected chi connectivity index (χ0v) is 24.4. The Bertz CT molecular complexity index is 1580. The summed E-state index contributed by atoms with van der Waals surface area (Å²) >= 11 is 0. The molecule has 2 N–H and O–H groups in total. The fraction of sp³-hybridized carbons (Fsp3) is 0.452. The molecule has 0 saturated carbocycles. The van der Waals surface area contributed by atoms with Crippen LogP contribution in [0.3, 0.4) is 0 Å². The van der Waals surface area contributed by atoms with Crippen molar-refractivity contribution in [2.75, 3.05) is 18.9 Å². The average molecular weight is 555 g/mol. The molecule has 3 aromatic heterocycles. The molecule has 2 aliphatic rings. The van der Waals surface area contributed by atoms with E-state index in [1.165, 1.54) is 6.33 Å². The van der Waals surface area contributed by atoms with Crippen molar-refractivity contribution in [2.24, 2.45) is 0 Å². The molecule has 214 valence electrons. The monoisotopic (exact) mass is 554 g/mol. The standard InChI is InChI=1S/C31H38N8O2/c1-30(2,3)25-17-26(33-19-32-25)35-29(40)34-23-12-13-24(22-10-7-6-9-21(22)23)41-20-11-14-27-36-37-28(39(27)18-20)31(4)15-8-16-38(31)5/h6-7,9-11,14,17-19,23-24H,8,12-13,15-16H2,1-5H3,(H2,32,33,34,35,40)/t23-,24+,31-/m0/s1. The van der Waals surface area contributed by atoms with E-state index in [4.69, 9.17) is 4.74 Å². The molecule has 0 bridgehead atoms. The van der Waals surface area contributed by atoms with Gasteiger partial charge >= 0.3 is 6.03 Å². The fourth-order valence-corrected chi connectivity index (χ4v) is 6.02. The zero-order valence-electron chi connectivity index (χ0n) is 24.4. The number of hydrogen-bond donors (Lipinski definition) is 2. The van der Waals surface area contributed by atoms with Crippen LogP contribution < -0.4 is 15.4 Å². The van der Waals surface area contributed by atoms with Crippen molar-refractivity contribution < 1.29 is 9.53 Å². The Morgan fingerprint density at radius 2 is 1.88 bits per heavy atom. The van der Waals surface area contributed by atoms with E-state index in [2.05, 4.69) is 87.0 Å². The van der Waals surface area contributed by atoms with Gasteiger partial charge in [-0.1, -0.05) is 45.0 Å². The molecule has 1 aromatic carbocycles. The van der Waals surface area contributed by atoms with E-state index < -0.39 is 0 Å². The van der Waals surface area contributed by atoms with E-state index in [0.29, 0.717) is 5.82 Å². The summed E-state index contributed by atoms with van der Waals surface area (Å²) in [6.45, 7) is 9.51. The minimum Gasteiger partial charge on any atom is -0.484 e. The molecule has 10 nitrogen and oxygen atoms in total. The maximum Gasteiger partial charge on any atom is 0.320 e. The van der Waals surface area contributed by atoms with Gasteiger partial charge in [-0.2, -0.15) is 0 Å². The molecule has 0 radical (unpaired) electrons. The normalized spacial score (nSPS) is 22.9. The van der Waals surface area contributed by atoms with Gasteiger partial charge in [0, 0.05) is 11.5 Å². The molecule has 41 heavy (non-hydrogen) atoms. The second-order valence-corrected chi connectivity index (χ2v) is 12.4. The Kier molecular flexibility index (Phi) is 6.89. The summed E-state index contributed by atoms with van der Waals surface area (Å²) in [5, 5.41) is 15.0. The number of ether oxygens (including phenoxy) is 1. The predicted molar refractivity (Wildman–Crippen MR) is 157 cm³/mol. The molecule has 6 rings (SSSR count). The van der Waals surface area contributed by atoms with E-state index in [0.717, 1.165) is 66.3 Å². The lowest BCUT2D eigenvalue weighted by Crippen LogP contribution is -2.37. The molecule has 1 aliphatic carbocycles. The van der Waals surface area contributed by atoms with Crippen LogP contribution in [0, 0.1) is 0 Å². The number of hydrogen-bond acceptors (Lipinski definition) is 7.